The SMILES string of the molecule is CC/C=C(/C#Cc1ccccc1)c1ccccc1. The summed E-state index contributed by atoms with van der Waals surface area (Å²) in [6, 6.07) is 20.4. The smallest absolute Gasteiger partial charge is 0.0281 e. The summed E-state index contributed by atoms with van der Waals surface area (Å²) in [6.45, 7) is 2.13. The maximum Gasteiger partial charge on any atom is 0.0281 e. The molecule has 0 atom stereocenters. The Morgan fingerprint density at radius 1 is 0.944 bits per heavy atom. The van der Waals surface area contributed by atoms with E-state index < -0.39 is 0 Å². The Bertz CT molecular complexity index is 566. The quantitative estimate of drug-likeness (QED) is 0.667. The van der Waals surface area contributed by atoms with E-state index in [-0.39, 0.29) is 0 Å². The summed E-state index contributed by atoms with van der Waals surface area (Å²) in [5, 5.41) is 0. The molecule has 0 fully saturated rings. The molecule has 0 aliphatic heterocycles. The number of hydrogen-bond acceptors (Lipinski definition) is 0. The van der Waals surface area contributed by atoms with Gasteiger partial charge < -0.3 is 0 Å². The predicted octanol–water partition coefficient (Wildman–Crippen LogP) is 4.53. The zero-order valence-electron chi connectivity index (χ0n) is 10.6. The molecule has 0 heteroatoms. The number of allylic oxidation sites excluding steroid dienone is 2. The van der Waals surface area contributed by atoms with Gasteiger partial charge in [0.2, 0.25) is 0 Å². The van der Waals surface area contributed by atoms with Crippen molar-refractivity contribution in [3.05, 3.63) is 77.9 Å². The van der Waals surface area contributed by atoms with E-state index in [0.717, 1.165) is 17.6 Å². The summed E-state index contributed by atoms with van der Waals surface area (Å²) in [7, 11) is 0. The first-order chi connectivity index (χ1) is 8.90. The fourth-order valence-corrected chi connectivity index (χ4v) is 1.72. The lowest BCUT2D eigenvalue weighted by Gasteiger charge is -1.99. The van der Waals surface area contributed by atoms with Crippen LogP contribution in [0.1, 0.15) is 24.5 Å². The van der Waals surface area contributed by atoms with Crippen LogP contribution < -0.4 is 0 Å². The number of hydrogen-bond donors (Lipinski definition) is 0. The van der Waals surface area contributed by atoms with Gasteiger partial charge in [0.1, 0.15) is 0 Å². The molecule has 2 aromatic carbocycles. The molecule has 0 heterocycles. The lowest BCUT2D eigenvalue weighted by atomic mass is 10.0. The largest absolute Gasteiger partial charge is 0.0685 e. The summed E-state index contributed by atoms with van der Waals surface area (Å²) in [4.78, 5) is 0. The topological polar surface area (TPSA) is 0 Å². The van der Waals surface area contributed by atoms with Crippen molar-refractivity contribution < 1.29 is 0 Å². The van der Waals surface area contributed by atoms with Crippen molar-refractivity contribution >= 4 is 5.57 Å². The Labute approximate surface area is 109 Å². The molecule has 0 aliphatic rings. The Balaban J connectivity index is 2.29. The van der Waals surface area contributed by atoms with E-state index in [9.17, 15) is 0 Å². The Morgan fingerprint density at radius 2 is 1.56 bits per heavy atom. The van der Waals surface area contributed by atoms with Crippen LogP contribution in [0.2, 0.25) is 0 Å². The summed E-state index contributed by atoms with van der Waals surface area (Å²) < 4.78 is 0. The Hall–Kier alpha value is -2.26. The third-order valence-electron chi connectivity index (χ3n) is 2.61. The molecule has 0 spiro atoms. The van der Waals surface area contributed by atoms with Gasteiger partial charge in [-0.1, -0.05) is 73.4 Å². The standard InChI is InChI=1S/C18H16/c1-2-9-17(18-12-7-4-8-13-18)15-14-16-10-5-3-6-11-16/h3-13H,2H2,1H3/b17-9-. The lowest BCUT2D eigenvalue weighted by Crippen LogP contribution is -1.81. The van der Waals surface area contributed by atoms with Crippen molar-refractivity contribution in [3.8, 4) is 11.8 Å². The van der Waals surface area contributed by atoms with Crippen molar-refractivity contribution in [3.63, 3.8) is 0 Å². The zero-order valence-corrected chi connectivity index (χ0v) is 10.6. The van der Waals surface area contributed by atoms with E-state index in [2.05, 4.69) is 37.0 Å². The van der Waals surface area contributed by atoms with Crippen molar-refractivity contribution in [1.82, 2.24) is 0 Å². The molecule has 0 aliphatic carbocycles. The molecular formula is C18H16. The minimum atomic E-state index is 0.994. The summed E-state index contributed by atoms with van der Waals surface area (Å²) >= 11 is 0. The lowest BCUT2D eigenvalue weighted by molar-refractivity contribution is 1.23. The first-order valence-electron chi connectivity index (χ1n) is 6.23. The van der Waals surface area contributed by atoms with Gasteiger partial charge in [-0.2, -0.15) is 0 Å². The molecule has 0 radical (unpaired) electrons. The van der Waals surface area contributed by atoms with Gasteiger partial charge in [-0.3, -0.25) is 0 Å². The molecule has 18 heavy (non-hydrogen) atoms. The van der Waals surface area contributed by atoms with Gasteiger partial charge in [0.05, 0.1) is 0 Å². The van der Waals surface area contributed by atoms with Crippen molar-refractivity contribution in [1.29, 1.82) is 0 Å². The first-order valence-corrected chi connectivity index (χ1v) is 6.23. The Kier molecular flexibility index (Phi) is 4.39. The average molecular weight is 232 g/mol. The third-order valence-corrected chi connectivity index (χ3v) is 2.61. The van der Waals surface area contributed by atoms with Crippen LogP contribution >= 0.6 is 0 Å². The van der Waals surface area contributed by atoms with Crippen molar-refractivity contribution in [2.75, 3.05) is 0 Å². The highest BCUT2D eigenvalue weighted by molar-refractivity contribution is 5.79. The molecule has 0 amide bonds. The second-order valence-electron chi connectivity index (χ2n) is 4.01. The van der Waals surface area contributed by atoms with Crippen LogP contribution in [0.4, 0.5) is 0 Å². The van der Waals surface area contributed by atoms with Crippen LogP contribution in [0.15, 0.2) is 66.7 Å². The molecular weight excluding hydrogens is 216 g/mol. The maximum absolute atomic E-state index is 3.26. The normalized spacial score (nSPS) is 10.6. The molecule has 2 rings (SSSR count). The molecule has 0 aromatic heterocycles. The van der Waals surface area contributed by atoms with E-state index in [4.69, 9.17) is 0 Å². The minimum absolute atomic E-state index is 0.994. The van der Waals surface area contributed by atoms with Gasteiger partial charge in [-0.05, 0) is 24.1 Å². The van der Waals surface area contributed by atoms with E-state index in [0.29, 0.717) is 0 Å². The van der Waals surface area contributed by atoms with Gasteiger partial charge in [-0.25, -0.2) is 0 Å². The number of rotatable bonds is 2. The molecule has 0 N–H and O–H groups in total. The second-order valence-corrected chi connectivity index (χ2v) is 4.01. The predicted molar refractivity (Wildman–Crippen MR) is 78.0 cm³/mol. The van der Waals surface area contributed by atoms with E-state index in [1.807, 2.05) is 48.5 Å². The maximum atomic E-state index is 3.26. The van der Waals surface area contributed by atoms with Crippen LogP contribution in [0, 0.1) is 11.8 Å². The second kappa shape index (κ2) is 6.47. The van der Waals surface area contributed by atoms with E-state index in [1.165, 1.54) is 5.56 Å². The Morgan fingerprint density at radius 3 is 2.17 bits per heavy atom. The van der Waals surface area contributed by atoms with Crippen LogP contribution in [0.25, 0.3) is 5.57 Å². The molecule has 0 bridgehead atoms. The molecule has 0 nitrogen and oxygen atoms in total. The number of benzene rings is 2. The zero-order chi connectivity index (χ0) is 12.6. The fourth-order valence-electron chi connectivity index (χ4n) is 1.72. The van der Waals surface area contributed by atoms with Crippen LogP contribution in [0.5, 0.6) is 0 Å². The molecule has 88 valence electrons. The van der Waals surface area contributed by atoms with Crippen LogP contribution in [-0.2, 0) is 0 Å². The van der Waals surface area contributed by atoms with Gasteiger partial charge in [-0.15, -0.1) is 0 Å². The van der Waals surface area contributed by atoms with Crippen molar-refractivity contribution in [2.45, 2.75) is 13.3 Å². The minimum Gasteiger partial charge on any atom is -0.0685 e. The third kappa shape index (κ3) is 3.37. The summed E-state index contributed by atoms with van der Waals surface area (Å²) in [5.41, 5.74) is 3.33. The molecule has 0 saturated heterocycles. The van der Waals surface area contributed by atoms with Crippen molar-refractivity contribution in [2.24, 2.45) is 0 Å². The van der Waals surface area contributed by atoms with E-state index in [1.54, 1.807) is 0 Å². The van der Waals surface area contributed by atoms with Gasteiger partial charge in [0.15, 0.2) is 0 Å². The highest BCUT2D eigenvalue weighted by atomic mass is 14.0. The highest BCUT2D eigenvalue weighted by Gasteiger charge is 1.95. The highest BCUT2D eigenvalue weighted by Crippen LogP contribution is 2.13. The molecule has 0 saturated carbocycles. The molecule has 0 unspecified atom stereocenters. The summed E-state index contributed by atoms with van der Waals surface area (Å²) in [5.74, 6) is 6.47. The monoisotopic (exact) mass is 232 g/mol. The van der Waals surface area contributed by atoms with Gasteiger partial charge in [0.25, 0.3) is 0 Å². The average Bonchev–Trinajstić information content (AvgIpc) is 2.45. The van der Waals surface area contributed by atoms with Gasteiger partial charge >= 0.3 is 0 Å². The fraction of sp³-hybridized carbons (Fsp3) is 0.111. The summed E-state index contributed by atoms with van der Waals surface area (Å²) in [6.07, 6.45) is 3.17. The van der Waals surface area contributed by atoms with Crippen LogP contribution in [0.3, 0.4) is 0 Å². The first kappa shape index (κ1) is 12.2. The van der Waals surface area contributed by atoms with E-state index >= 15 is 0 Å². The van der Waals surface area contributed by atoms with Crippen LogP contribution in [-0.4, -0.2) is 0 Å². The van der Waals surface area contributed by atoms with Gasteiger partial charge in [0, 0.05) is 11.1 Å². The molecule has 2 aromatic rings.